The van der Waals surface area contributed by atoms with Gasteiger partial charge in [-0.1, -0.05) is 12.1 Å². The predicted octanol–water partition coefficient (Wildman–Crippen LogP) is 1.96. The summed E-state index contributed by atoms with van der Waals surface area (Å²) in [6, 6.07) is 6.24. The van der Waals surface area contributed by atoms with Gasteiger partial charge in [0.05, 0.1) is 16.7 Å². The van der Waals surface area contributed by atoms with Crippen molar-refractivity contribution in [2.24, 2.45) is 0 Å². The molecular weight excluding hydrogens is 272 g/mol. The molecule has 21 heavy (non-hydrogen) atoms. The van der Waals surface area contributed by atoms with Gasteiger partial charge in [0.2, 0.25) is 5.91 Å². The first kappa shape index (κ1) is 14.4. The largest absolute Gasteiger partial charge is 0.348 e. The molecule has 0 aliphatic carbocycles. The number of nitrogens with zero attached hydrogens (tertiary/aromatic N) is 2. The van der Waals surface area contributed by atoms with Crippen LogP contribution in [0.5, 0.6) is 0 Å². The minimum absolute atomic E-state index is 0.0350. The number of aryl methyl sites for hydroxylation is 1. The van der Waals surface area contributed by atoms with Gasteiger partial charge >= 0.3 is 0 Å². The molecule has 0 bridgehead atoms. The number of benzene rings is 1. The molecule has 1 aromatic heterocycles. The summed E-state index contributed by atoms with van der Waals surface area (Å²) >= 11 is 0. The van der Waals surface area contributed by atoms with E-state index in [9.17, 15) is 14.9 Å². The van der Waals surface area contributed by atoms with E-state index in [4.69, 9.17) is 0 Å². The molecule has 108 valence electrons. The number of hydrogen-bond donors (Lipinski definition) is 2. The Bertz CT molecular complexity index is 691. The molecule has 0 aliphatic rings. The highest BCUT2D eigenvalue weighted by atomic mass is 16.6. The molecule has 0 aliphatic heterocycles. The molecule has 0 unspecified atom stereocenters. The van der Waals surface area contributed by atoms with Gasteiger partial charge in [-0.3, -0.25) is 20.0 Å². The Morgan fingerprint density at radius 3 is 2.90 bits per heavy atom. The number of nitro benzene ring substituents is 1. The zero-order chi connectivity index (χ0) is 15.2. The number of carbonyl (C=O) groups excluding carboxylic acids is 1. The Morgan fingerprint density at radius 1 is 1.48 bits per heavy atom. The third kappa shape index (κ3) is 3.75. The second-order valence-corrected chi connectivity index (χ2v) is 4.39. The van der Waals surface area contributed by atoms with Crippen molar-refractivity contribution in [2.45, 2.75) is 13.5 Å². The van der Waals surface area contributed by atoms with E-state index >= 15 is 0 Å². The molecular formula is C14H14N4O3. The number of aromatic amines is 1. The lowest BCUT2D eigenvalue weighted by atomic mass is 10.1. The fraction of sp³-hybridized carbons (Fsp3) is 0.143. The van der Waals surface area contributed by atoms with Crippen LogP contribution in [0.15, 0.2) is 36.5 Å². The van der Waals surface area contributed by atoms with Crippen LogP contribution in [0.4, 0.5) is 5.69 Å². The Morgan fingerprint density at radius 2 is 2.24 bits per heavy atom. The van der Waals surface area contributed by atoms with E-state index in [1.165, 1.54) is 18.2 Å². The number of H-pyrrole nitrogens is 1. The van der Waals surface area contributed by atoms with Gasteiger partial charge in [-0.2, -0.15) is 5.10 Å². The molecule has 0 fully saturated rings. The summed E-state index contributed by atoms with van der Waals surface area (Å²) in [4.78, 5) is 22.1. The molecule has 0 spiro atoms. The zero-order valence-corrected chi connectivity index (χ0v) is 11.4. The number of para-hydroxylation sites is 1. The summed E-state index contributed by atoms with van der Waals surface area (Å²) < 4.78 is 0. The van der Waals surface area contributed by atoms with Crippen LogP contribution in [0.3, 0.4) is 0 Å². The first-order valence-corrected chi connectivity index (χ1v) is 6.26. The molecule has 2 N–H and O–H groups in total. The van der Waals surface area contributed by atoms with Crippen molar-refractivity contribution in [1.82, 2.24) is 15.5 Å². The number of carbonyl (C=O) groups is 1. The number of nitrogens with one attached hydrogen (secondary N) is 2. The SMILES string of the molecule is Cc1[nH]ncc1CNC(=O)/C=C/c1ccccc1[N+](=O)[O-]. The number of hydrogen-bond acceptors (Lipinski definition) is 4. The fourth-order valence-electron chi connectivity index (χ4n) is 1.76. The third-order valence-corrected chi connectivity index (χ3v) is 2.94. The summed E-state index contributed by atoms with van der Waals surface area (Å²) in [6.07, 6.45) is 4.34. The van der Waals surface area contributed by atoms with Gasteiger partial charge in [0.25, 0.3) is 5.69 Å². The van der Waals surface area contributed by atoms with E-state index in [0.717, 1.165) is 11.3 Å². The highest BCUT2D eigenvalue weighted by Crippen LogP contribution is 2.18. The highest BCUT2D eigenvalue weighted by Gasteiger charge is 2.09. The molecule has 0 saturated heterocycles. The summed E-state index contributed by atoms with van der Waals surface area (Å²) in [5.41, 5.74) is 2.13. The maximum absolute atomic E-state index is 11.7. The van der Waals surface area contributed by atoms with Gasteiger partial charge in [-0.05, 0) is 19.1 Å². The minimum atomic E-state index is -0.480. The molecule has 2 rings (SSSR count). The third-order valence-electron chi connectivity index (χ3n) is 2.94. The van der Waals surface area contributed by atoms with Crippen LogP contribution in [0.2, 0.25) is 0 Å². The molecule has 0 atom stereocenters. The van der Waals surface area contributed by atoms with Gasteiger partial charge in [-0.25, -0.2) is 0 Å². The molecule has 7 heteroatoms. The maximum atomic E-state index is 11.7. The van der Waals surface area contributed by atoms with Gasteiger partial charge in [-0.15, -0.1) is 0 Å². The number of rotatable bonds is 5. The second kappa shape index (κ2) is 6.47. The summed E-state index contributed by atoms with van der Waals surface area (Å²) in [6.45, 7) is 2.21. The molecule has 1 aromatic carbocycles. The van der Waals surface area contributed by atoms with Crippen molar-refractivity contribution in [2.75, 3.05) is 0 Å². The van der Waals surface area contributed by atoms with Crippen molar-refractivity contribution >= 4 is 17.7 Å². The summed E-state index contributed by atoms with van der Waals surface area (Å²) in [5, 5.41) is 20.2. The first-order chi connectivity index (χ1) is 10.1. The van der Waals surface area contributed by atoms with Crippen LogP contribution in [-0.2, 0) is 11.3 Å². The average molecular weight is 286 g/mol. The van der Waals surface area contributed by atoms with Crippen LogP contribution in [0.25, 0.3) is 6.08 Å². The van der Waals surface area contributed by atoms with Crippen LogP contribution in [-0.4, -0.2) is 21.0 Å². The van der Waals surface area contributed by atoms with Crippen molar-refractivity contribution < 1.29 is 9.72 Å². The molecule has 0 radical (unpaired) electrons. The maximum Gasteiger partial charge on any atom is 0.276 e. The number of nitro groups is 1. The number of amides is 1. The second-order valence-electron chi connectivity index (χ2n) is 4.39. The summed E-state index contributed by atoms with van der Waals surface area (Å²) in [7, 11) is 0. The Balaban J connectivity index is 1.99. The Kier molecular flexibility index (Phi) is 4.45. The van der Waals surface area contributed by atoms with Crippen LogP contribution in [0, 0.1) is 17.0 Å². The predicted molar refractivity (Wildman–Crippen MR) is 77.3 cm³/mol. The lowest BCUT2D eigenvalue weighted by molar-refractivity contribution is -0.385. The normalized spacial score (nSPS) is 10.7. The minimum Gasteiger partial charge on any atom is -0.348 e. The zero-order valence-electron chi connectivity index (χ0n) is 11.4. The van der Waals surface area contributed by atoms with Crippen LogP contribution < -0.4 is 5.32 Å². The van der Waals surface area contributed by atoms with Gasteiger partial charge < -0.3 is 5.32 Å². The van der Waals surface area contributed by atoms with Crippen molar-refractivity contribution in [3.05, 3.63) is 63.5 Å². The van der Waals surface area contributed by atoms with Gasteiger partial charge in [0.15, 0.2) is 0 Å². The van der Waals surface area contributed by atoms with Crippen LogP contribution >= 0.6 is 0 Å². The highest BCUT2D eigenvalue weighted by molar-refractivity contribution is 5.92. The summed E-state index contributed by atoms with van der Waals surface area (Å²) in [5.74, 6) is -0.325. The topological polar surface area (TPSA) is 101 Å². The van der Waals surface area contributed by atoms with Gasteiger partial charge in [0, 0.05) is 29.9 Å². The first-order valence-electron chi connectivity index (χ1n) is 6.26. The lowest BCUT2D eigenvalue weighted by Crippen LogP contribution is -2.20. The molecule has 0 saturated carbocycles. The van der Waals surface area contributed by atoms with Crippen molar-refractivity contribution in [1.29, 1.82) is 0 Å². The Labute approximate surface area is 120 Å². The fourth-order valence-corrected chi connectivity index (χ4v) is 1.76. The van der Waals surface area contributed by atoms with E-state index in [1.54, 1.807) is 24.4 Å². The van der Waals surface area contributed by atoms with E-state index in [1.807, 2.05) is 6.92 Å². The van der Waals surface area contributed by atoms with Crippen molar-refractivity contribution in [3.63, 3.8) is 0 Å². The Hall–Kier alpha value is -2.96. The van der Waals surface area contributed by atoms with E-state index in [0.29, 0.717) is 12.1 Å². The van der Waals surface area contributed by atoms with Gasteiger partial charge in [0.1, 0.15) is 0 Å². The van der Waals surface area contributed by atoms with E-state index in [2.05, 4.69) is 15.5 Å². The average Bonchev–Trinajstić information content (AvgIpc) is 2.88. The molecule has 7 nitrogen and oxygen atoms in total. The molecule has 1 amide bonds. The van der Waals surface area contributed by atoms with Crippen LogP contribution in [0.1, 0.15) is 16.8 Å². The quantitative estimate of drug-likeness (QED) is 0.498. The lowest BCUT2D eigenvalue weighted by Gasteiger charge is -2.01. The molecule has 1 heterocycles. The van der Waals surface area contributed by atoms with Crippen molar-refractivity contribution in [3.8, 4) is 0 Å². The monoisotopic (exact) mass is 286 g/mol. The molecule has 2 aromatic rings. The standard InChI is InChI=1S/C14H14N4O3/c1-10-12(9-16-17-10)8-15-14(19)7-6-11-4-2-3-5-13(11)18(20)21/h2-7,9H,8H2,1H3,(H,15,19)(H,16,17)/b7-6+. The smallest absolute Gasteiger partial charge is 0.276 e. The van der Waals surface area contributed by atoms with E-state index in [-0.39, 0.29) is 11.6 Å². The van der Waals surface area contributed by atoms with E-state index < -0.39 is 4.92 Å². The number of aromatic nitrogens is 2.